The van der Waals surface area contributed by atoms with Gasteiger partial charge >= 0.3 is 0 Å². The zero-order chi connectivity index (χ0) is 17.9. The summed E-state index contributed by atoms with van der Waals surface area (Å²) in [4.78, 5) is 14.9. The summed E-state index contributed by atoms with van der Waals surface area (Å²) < 4.78 is 1.96. The number of aromatic nitrogens is 2. The fourth-order valence-corrected chi connectivity index (χ4v) is 3.15. The summed E-state index contributed by atoms with van der Waals surface area (Å²) in [6.07, 6.45) is 6.13. The van der Waals surface area contributed by atoms with Crippen LogP contribution < -0.4 is 5.32 Å². The molecule has 1 aromatic heterocycles. The minimum Gasteiger partial charge on any atom is -0.341 e. The van der Waals surface area contributed by atoms with Gasteiger partial charge in [-0.05, 0) is 39.2 Å². The van der Waals surface area contributed by atoms with Gasteiger partial charge in [0.05, 0.1) is 11.7 Å². The Morgan fingerprint density at radius 3 is 2.48 bits per heavy atom. The lowest BCUT2D eigenvalue weighted by molar-refractivity contribution is -0.132. The second-order valence-corrected chi connectivity index (χ2v) is 7.72. The third kappa shape index (κ3) is 4.28. The first-order chi connectivity index (χ1) is 11.9. The molecule has 1 aliphatic rings. The molecule has 1 atom stereocenters. The van der Waals surface area contributed by atoms with Gasteiger partial charge in [-0.15, -0.1) is 0 Å². The molecule has 2 heterocycles. The van der Waals surface area contributed by atoms with Gasteiger partial charge in [0.25, 0.3) is 0 Å². The van der Waals surface area contributed by atoms with E-state index in [-0.39, 0.29) is 17.5 Å². The first kappa shape index (κ1) is 17.7. The minimum atomic E-state index is -0.308. The van der Waals surface area contributed by atoms with Crippen LogP contribution >= 0.6 is 0 Å². The van der Waals surface area contributed by atoms with E-state index < -0.39 is 0 Å². The maximum Gasteiger partial charge on any atom is 0.244 e. The van der Waals surface area contributed by atoms with Gasteiger partial charge in [0, 0.05) is 31.4 Å². The Kier molecular flexibility index (Phi) is 5.23. The van der Waals surface area contributed by atoms with Gasteiger partial charge in [-0.25, -0.2) is 0 Å². The van der Waals surface area contributed by atoms with Crippen molar-refractivity contribution in [3.8, 4) is 0 Å². The van der Waals surface area contributed by atoms with Gasteiger partial charge < -0.3 is 4.90 Å². The van der Waals surface area contributed by atoms with Crippen LogP contribution in [0.1, 0.15) is 50.8 Å². The first-order valence-electron chi connectivity index (χ1n) is 9.06. The average Bonchev–Trinajstić information content (AvgIpc) is 3.27. The molecule has 2 aromatic rings. The molecule has 0 spiro atoms. The number of likely N-dealkylation sites (tertiary alicyclic amines) is 1. The minimum absolute atomic E-state index is 0.0392. The van der Waals surface area contributed by atoms with E-state index in [1.807, 2.05) is 46.1 Å². The van der Waals surface area contributed by atoms with E-state index in [4.69, 9.17) is 0 Å². The molecule has 1 saturated heterocycles. The van der Waals surface area contributed by atoms with Crippen molar-refractivity contribution >= 4 is 5.91 Å². The maximum atomic E-state index is 13.0. The molecule has 1 N–H and O–H groups in total. The van der Waals surface area contributed by atoms with Gasteiger partial charge in [0.15, 0.2) is 0 Å². The number of hydrogen-bond donors (Lipinski definition) is 1. The zero-order valence-corrected chi connectivity index (χ0v) is 15.4. The van der Waals surface area contributed by atoms with Crippen LogP contribution in [0.5, 0.6) is 0 Å². The van der Waals surface area contributed by atoms with E-state index >= 15 is 0 Å². The van der Waals surface area contributed by atoms with Crippen LogP contribution in [0.3, 0.4) is 0 Å². The lowest BCUT2D eigenvalue weighted by Crippen LogP contribution is -2.39. The molecule has 25 heavy (non-hydrogen) atoms. The molecule has 5 nitrogen and oxygen atoms in total. The SMILES string of the molecule is CC(C)(C)n1cc(CNC(C(=O)N2CCCC2)c2ccccc2)cn1. The number of rotatable bonds is 5. The maximum absolute atomic E-state index is 13.0. The predicted octanol–water partition coefficient (Wildman–Crippen LogP) is 3.09. The Labute approximate surface area is 150 Å². The van der Waals surface area contributed by atoms with Crippen LogP contribution in [0.2, 0.25) is 0 Å². The summed E-state index contributed by atoms with van der Waals surface area (Å²) in [5.41, 5.74) is 2.07. The first-order valence-corrected chi connectivity index (χ1v) is 9.06. The highest BCUT2D eigenvalue weighted by Crippen LogP contribution is 2.20. The van der Waals surface area contributed by atoms with Gasteiger partial charge in [-0.3, -0.25) is 14.8 Å². The van der Waals surface area contributed by atoms with Crippen LogP contribution in [0.4, 0.5) is 0 Å². The molecule has 1 fully saturated rings. The van der Waals surface area contributed by atoms with Crippen molar-refractivity contribution in [2.75, 3.05) is 13.1 Å². The Morgan fingerprint density at radius 1 is 1.20 bits per heavy atom. The highest BCUT2D eigenvalue weighted by molar-refractivity contribution is 5.83. The fraction of sp³-hybridized carbons (Fsp3) is 0.500. The van der Waals surface area contributed by atoms with E-state index in [0.717, 1.165) is 37.1 Å². The smallest absolute Gasteiger partial charge is 0.244 e. The average molecular weight is 340 g/mol. The molecular weight excluding hydrogens is 312 g/mol. The number of benzene rings is 1. The number of hydrogen-bond acceptors (Lipinski definition) is 3. The molecule has 5 heteroatoms. The number of carbonyl (C=O) groups is 1. The van der Waals surface area contributed by atoms with E-state index in [0.29, 0.717) is 6.54 Å². The normalized spacial score (nSPS) is 16.2. The summed E-state index contributed by atoms with van der Waals surface area (Å²) in [6, 6.07) is 9.68. The van der Waals surface area contributed by atoms with Gasteiger partial charge in [-0.1, -0.05) is 30.3 Å². The Bertz CT molecular complexity index is 696. The topological polar surface area (TPSA) is 50.2 Å². The van der Waals surface area contributed by atoms with E-state index in [1.165, 1.54) is 0 Å². The van der Waals surface area contributed by atoms with Crippen molar-refractivity contribution in [3.63, 3.8) is 0 Å². The lowest BCUT2D eigenvalue weighted by atomic mass is 10.1. The standard InChI is InChI=1S/C20H28N4O/c1-20(2,3)24-15-16(14-22-24)13-21-18(17-9-5-4-6-10-17)19(25)23-11-7-8-12-23/h4-6,9-10,14-15,18,21H,7-8,11-13H2,1-3H3. The number of carbonyl (C=O) groups excluding carboxylic acids is 1. The van der Waals surface area contributed by atoms with Crippen LogP contribution in [0.15, 0.2) is 42.7 Å². The largest absolute Gasteiger partial charge is 0.341 e. The molecule has 1 amide bonds. The van der Waals surface area contributed by atoms with Crippen LogP contribution in [0.25, 0.3) is 0 Å². The summed E-state index contributed by atoms with van der Waals surface area (Å²) in [5.74, 6) is 0.173. The van der Waals surface area contributed by atoms with Crippen molar-refractivity contribution in [1.29, 1.82) is 0 Å². The van der Waals surface area contributed by atoms with Crippen molar-refractivity contribution < 1.29 is 4.79 Å². The molecule has 1 unspecified atom stereocenters. The van der Waals surface area contributed by atoms with Crippen molar-refractivity contribution in [2.45, 2.75) is 51.7 Å². The zero-order valence-electron chi connectivity index (χ0n) is 15.4. The molecule has 0 aliphatic carbocycles. The van der Waals surface area contributed by atoms with E-state index in [9.17, 15) is 4.79 Å². The third-order valence-corrected chi connectivity index (χ3v) is 4.63. The second-order valence-electron chi connectivity index (χ2n) is 7.72. The van der Waals surface area contributed by atoms with E-state index in [1.54, 1.807) is 0 Å². The third-order valence-electron chi connectivity index (χ3n) is 4.63. The Balaban J connectivity index is 1.73. The monoisotopic (exact) mass is 340 g/mol. The van der Waals surface area contributed by atoms with Crippen molar-refractivity contribution in [3.05, 3.63) is 53.9 Å². The highest BCUT2D eigenvalue weighted by atomic mass is 16.2. The lowest BCUT2D eigenvalue weighted by Gasteiger charge is -2.24. The van der Waals surface area contributed by atoms with Gasteiger partial charge in [-0.2, -0.15) is 5.10 Å². The molecule has 134 valence electrons. The molecular formula is C20H28N4O. The fourth-order valence-electron chi connectivity index (χ4n) is 3.15. The Morgan fingerprint density at radius 2 is 1.88 bits per heavy atom. The second kappa shape index (κ2) is 7.40. The molecule has 1 aliphatic heterocycles. The molecule has 1 aromatic carbocycles. The quantitative estimate of drug-likeness (QED) is 0.910. The molecule has 0 bridgehead atoms. The highest BCUT2D eigenvalue weighted by Gasteiger charge is 2.27. The summed E-state index contributed by atoms with van der Waals surface area (Å²) in [7, 11) is 0. The van der Waals surface area contributed by atoms with Gasteiger partial charge in [0.2, 0.25) is 5.91 Å². The number of nitrogens with one attached hydrogen (secondary N) is 1. The number of nitrogens with zero attached hydrogens (tertiary/aromatic N) is 3. The van der Waals surface area contributed by atoms with Crippen LogP contribution in [-0.2, 0) is 16.9 Å². The van der Waals surface area contributed by atoms with E-state index in [2.05, 4.69) is 37.4 Å². The molecule has 0 saturated carbocycles. The molecule has 0 radical (unpaired) electrons. The Hall–Kier alpha value is -2.14. The summed E-state index contributed by atoms with van der Waals surface area (Å²) >= 11 is 0. The summed E-state index contributed by atoms with van der Waals surface area (Å²) in [5, 5.41) is 7.89. The van der Waals surface area contributed by atoms with Crippen LogP contribution in [-0.4, -0.2) is 33.7 Å². The number of amides is 1. The summed E-state index contributed by atoms with van der Waals surface area (Å²) in [6.45, 7) is 8.73. The predicted molar refractivity (Wildman–Crippen MR) is 99.1 cm³/mol. The van der Waals surface area contributed by atoms with Gasteiger partial charge in [0.1, 0.15) is 6.04 Å². The van der Waals surface area contributed by atoms with Crippen molar-refractivity contribution in [1.82, 2.24) is 20.0 Å². The van der Waals surface area contributed by atoms with Crippen molar-refractivity contribution in [2.24, 2.45) is 0 Å². The molecule has 3 rings (SSSR count). The van der Waals surface area contributed by atoms with Crippen LogP contribution in [0, 0.1) is 0 Å².